The van der Waals surface area contributed by atoms with E-state index in [-0.39, 0.29) is 11.9 Å². The summed E-state index contributed by atoms with van der Waals surface area (Å²) >= 11 is 1.62. The van der Waals surface area contributed by atoms with Crippen molar-refractivity contribution < 1.29 is 9.21 Å². The molecule has 3 rings (SSSR count). The first kappa shape index (κ1) is 13.9. The zero-order valence-corrected chi connectivity index (χ0v) is 12.8. The number of aromatic nitrogens is 1. The molecule has 1 aliphatic rings. The van der Waals surface area contributed by atoms with Gasteiger partial charge in [-0.2, -0.15) is 0 Å². The van der Waals surface area contributed by atoms with Crippen molar-refractivity contribution in [3.63, 3.8) is 0 Å². The molecule has 1 unspecified atom stereocenters. The fourth-order valence-electron chi connectivity index (χ4n) is 2.37. The molecular weight excluding hydrogens is 286 g/mol. The summed E-state index contributed by atoms with van der Waals surface area (Å²) in [5.74, 6) is 0.844. The van der Waals surface area contributed by atoms with Crippen LogP contribution in [0.4, 0.5) is 0 Å². The minimum Gasteiger partial charge on any atom is -0.467 e. The molecule has 0 bridgehead atoms. The van der Waals surface area contributed by atoms with Crippen molar-refractivity contribution in [2.75, 3.05) is 7.05 Å². The highest BCUT2D eigenvalue weighted by Crippen LogP contribution is 2.25. The zero-order chi connectivity index (χ0) is 14.8. The average Bonchev–Trinajstić information content (AvgIpc) is 3.17. The molecule has 6 heteroatoms. The maximum atomic E-state index is 12.4. The number of thiazole rings is 1. The number of nitrogens with zero attached hydrogens (tertiary/aromatic N) is 2. The lowest BCUT2D eigenvalue weighted by Crippen LogP contribution is -2.40. The molecule has 1 amide bonds. The van der Waals surface area contributed by atoms with Gasteiger partial charge in [-0.05, 0) is 24.6 Å². The first-order chi connectivity index (χ1) is 10.1. The third kappa shape index (κ3) is 3.00. The SMILES string of the molecule is Cc1nc(C2=CNC(C(=O)N(C)Cc3ccco3)C2)cs1. The molecule has 0 saturated carbocycles. The number of hydrogen-bond donors (Lipinski definition) is 1. The second kappa shape index (κ2) is 5.73. The van der Waals surface area contributed by atoms with E-state index in [1.165, 1.54) is 0 Å². The average molecular weight is 303 g/mol. The van der Waals surface area contributed by atoms with E-state index in [1.54, 1.807) is 29.5 Å². The first-order valence-corrected chi connectivity index (χ1v) is 7.66. The predicted molar refractivity (Wildman–Crippen MR) is 81.6 cm³/mol. The molecule has 2 aromatic heterocycles. The minimum absolute atomic E-state index is 0.0598. The van der Waals surface area contributed by atoms with Crippen LogP contribution in [0.2, 0.25) is 0 Å². The van der Waals surface area contributed by atoms with Crippen molar-refractivity contribution >= 4 is 22.8 Å². The summed E-state index contributed by atoms with van der Waals surface area (Å²) in [6, 6.07) is 3.47. The molecule has 2 aromatic rings. The summed E-state index contributed by atoms with van der Waals surface area (Å²) in [7, 11) is 1.79. The summed E-state index contributed by atoms with van der Waals surface area (Å²) in [6.07, 6.45) is 4.19. The highest BCUT2D eigenvalue weighted by Gasteiger charge is 2.27. The highest BCUT2D eigenvalue weighted by molar-refractivity contribution is 7.09. The molecule has 3 heterocycles. The lowest BCUT2D eigenvalue weighted by Gasteiger charge is -2.20. The molecule has 0 saturated heterocycles. The van der Waals surface area contributed by atoms with Gasteiger partial charge in [-0.3, -0.25) is 4.79 Å². The smallest absolute Gasteiger partial charge is 0.245 e. The summed E-state index contributed by atoms with van der Waals surface area (Å²) < 4.78 is 5.27. The molecule has 1 N–H and O–H groups in total. The number of aryl methyl sites for hydroxylation is 1. The van der Waals surface area contributed by atoms with Gasteiger partial charge >= 0.3 is 0 Å². The fraction of sp³-hybridized carbons (Fsp3) is 0.333. The molecule has 1 atom stereocenters. The van der Waals surface area contributed by atoms with Crippen LogP contribution in [-0.2, 0) is 11.3 Å². The van der Waals surface area contributed by atoms with Crippen LogP contribution >= 0.6 is 11.3 Å². The third-order valence-electron chi connectivity index (χ3n) is 3.48. The van der Waals surface area contributed by atoms with Crippen molar-refractivity contribution in [3.05, 3.63) is 46.4 Å². The van der Waals surface area contributed by atoms with Crippen LogP contribution in [-0.4, -0.2) is 28.9 Å². The van der Waals surface area contributed by atoms with Gasteiger partial charge < -0.3 is 14.6 Å². The van der Waals surface area contributed by atoms with E-state index in [4.69, 9.17) is 4.42 Å². The molecular formula is C15H17N3O2S. The summed E-state index contributed by atoms with van der Waals surface area (Å²) in [4.78, 5) is 18.6. The number of rotatable bonds is 4. The Morgan fingerprint density at radius 3 is 3.14 bits per heavy atom. The van der Waals surface area contributed by atoms with Crippen molar-refractivity contribution in [3.8, 4) is 0 Å². The fourth-order valence-corrected chi connectivity index (χ4v) is 3.00. The van der Waals surface area contributed by atoms with Crippen LogP contribution in [0.25, 0.3) is 5.57 Å². The van der Waals surface area contributed by atoms with Gasteiger partial charge in [-0.1, -0.05) is 0 Å². The Morgan fingerprint density at radius 2 is 2.48 bits per heavy atom. The van der Waals surface area contributed by atoms with Gasteiger partial charge in [0.15, 0.2) is 0 Å². The van der Waals surface area contributed by atoms with E-state index in [2.05, 4.69) is 10.3 Å². The molecule has 0 aromatic carbocycles. The number of furan rings is 1. The first-order valence-electron chi connectivity index (χ1n) is 6.78. The van der Waals surface area contributed by atoms with Crippen LogP contribution in [0.1, 0.15) is 22.9 Å². The minimum atomic E-state index is -0.220. The summed E-state index contributed by atoms with van der Waals surface area (Å²) in [5.41, 5.74) is 2.05. The normalized spacial score (nSPS) is 17.4. The van der Waals surface area contributed by atoms with E-state index in [9.17, 15) is 4.79 Å². The topological polar surface area (TPSA) is 58.4 Å². The molecule has 1 aliphatic heterocycles. The Morgan fingerprint density at radius 1 is 1.62 bits per heavy atom. The van der Waals surface area contributed by atoms with E-state index in [0.29, 0.717) is 13.0 Å². The van der Waals surface area contributed by atoms with E-state index < -0.39 is 0 Å². The van der Waals surface area contributed by atoms with Crippen LogP contribution < -0.4 is 5.32 Å². The van der Waals surface area contributed by atoms with Gasteiger partial charge in [0, 0.05) is 25.0 Å². The van der Waals surface area contributed by atoms with Crippen LogP contribution in [0.15, 0.2) is 34.4 Å². The number of amides is 1. The van der Waals surface area contributed by atoms with Crippen molar-refractivity contribution in [1.82, 2.24) is 15.2 Å². The number of carbonyl (C=O) groups excluding carboxylic acids is 1. The Kier molecular flexibility index (Phi) is 3.79. The zero-order valence-electron chi connectivity index (χ0n) is 12.0. The second-order valence-electron chi connectivity index (χ2n) is 5.12. The third-order valence-corrected chi connectivity index (χ3v) is 4.25. The molecule has 0 radical (unpaired) electrons. The standard InChI is InChI=1S/C15H17N3O2S/c1-10-17-14(9-21-10)11-6-13(16-7-11)15(19)18(2)8-12-4-3-5-20-12/h3-5,7,9,13,16H,6,8H2,1-2H3. The monoisotopic (exact) mass is 303 g/mol. The number of nitrogens with one attached hydrogen (secondary N) is 1. The number of hydrogen-bond acceptors (Lipinski definition) is 5. The van der Waals surface area contributed by atoms with Gasteiger partial charge in [0.1, 0.15) is 11.8 Å². The van der Waals surface area contributed by atoms with E-state index >= 15 is 0 Å². The maximum Gasteiger partial charge on any atom is 0.245 e. The van der Waals surface area contributed by atoms with E-state index in [1.807, 2.05) is 30.6 Å². The van der Waals surface area contributed by atoms with Crippen molar-refractivity contribution in [1.29, 1.82) is 0 Å². The molecule has 0 spiro atoms. The summed E-state index contributed by atoms with van der Waals surface area (Å²) in [6.45, 7) is 2.46. The van der Waals surface area contributed by atoms with Crippen LogP contribution in [0.3, 0.4) is 0 Å². The molecule has 5 nitrogen and oxygen atoms in total. The van der Waals surface area contributed by atoms with Gasteiger partial charge in [-0.25, -0.2) is 4.98 Å². The summed E-state index contributed by atoms with van der Waals surface area (Å²) in [5, 5.41) is 6.22. The number of likely N-dealkylation sites (N-methyl/N-ethyl adjacent to an activating group) is 1. The quantitative estimate of drug-likeness (QED) is 0.942. The van der Waals surface area contributed by atoms with Gasteiger partial charge in [-0.15, -0.1) is 11.3 Å². The number of carbonyl (C=O) groups is 1. The van der Waals surface area contributed by atoms with Crippen LogP contribution in [0, 0.1) is 6.92 Å². The maximum absolute atomic E-state index is 12.4. The molecule has 21 heavy (non-hydrogen) atoms. The Balaban J connectivity index is 1.60. The van der Waals surface area contributed by atoms with Gasteiger partial charge in [0.25, 0.3) is 0 Å². The lowest BCUT2D eigenvalue weighted by molar-refractivity contribution is -0.132. The molecule has 0 aliphatic carbocycles. The lowest BCUT2D eigenvalue weighted by atomic mass is 10.1. The Labute approximate surface area is 127 Å². The largest absolute Gasteiger partial charge is 0.467 e. The Hall–Kier alpha value is -2.08. The van der Waals surface area contributed by atoms with Gasteiger partial charge in [0.2, 0.25) is 5.91 Å². The van der Waals surface area contributed by atoms with Gasteiger partial charge in [0.05, 0.1) is 23.5 Å². The molecule has 110 valence electrons. The Bertz CT molecular complexity index is 660. The second-order valence-corrected chi connectivity index (χ2v) is 6.18. The predicted octanol–water partition coefficient (Wildman–Crippen LogP) is 2.41. The highest BCUT2D eigenvalue weighted by atomic mass is 32.1. The molecule has 0 fully saturated rings. The van der Waals surface area contributed by atoms with Crippen molar-refractivity contribution in [2.45, 2.75) is 25.9 Å². The van der Waals surface area contributed by atoms with E-state index in [0.717, 1.165) is 22.0 Å². The van der Waals surface area contributed by atoms with Crippen LogP contribution in [0.5, 0.6) is 0 Å². The van der Waals surface area contributed by atoms with Crippen molar-refractivity contribution in [2.24, 2.45) is 0 Å².